The molecule has 2 saturated heterocycles. The molecule has 2 unspecified atom stereocenters. The molecule has 16 heavy (non-hydrogen) atoms. The van der Waals surface area contributed by atoms with Gasteiger partial charge in [-0.15, -0.1) is 11.8 Å². The van der Waals surface area contributed by atoms with Gasteiger partial charge >= 0.3 is 0 Å². The smallest absolute Gasteiger partial charge is 0.0232 e. The van der Waals surface area contributed by atoms with Crippen LogP contribution >= 0.6 is 0 Å². The van der Waals surface area contributed by atoms with Crippen molar-refractivity contribution in [1.29, 1.82) is 0 Å². The highest BCUT2D eigenvalue weighted by atomic mass is 15.2. The Bertz CT molecular complexity index is 307. The van der Waals surface area contributed by atoms with Gasteiger partial charge < -0.3 is 4.90 Å². The highest BCUT2D eigenvalue weighted by molar-refractivity contribution is 5.09. The van der Waals surface area contributed by atoms with Gasteiger partial charge in [0.1, 0.15) is 0 Å². The minimum atomic E-state index is 0.707. The van der Waals surface area contributed by atoms with Gasteiger partial charge in [0, 0.05) is 38.1 Å². The lowest BCUT2D eigenvalue weighted by atomic mass is 9.80. The van der Waals surface area contributed by atoms with Gasteiger partial charge in [-0.2, -0.15) is 0 Å². The summed E-state index contributed by atoms with van der Waals surface area (Å²) in [5.41, 5.74) is 0. The van der Waals surface area contributed by atoms with E-state index in [-0.39, 0.29) is 0 Å². The van der Waals surface area contributed by atoms with Crippen molar-refractivity contribution >= 4 is 0 Å². The molecule has 3 aliphatic rings. The van der Waals surface area contributed by atoms with E-state index in [1.54, 1.807) is 0 Å². The minimum absolute atomic E-state index is 0.707. The van der Waals surface area contributed by atoms with Crippen LogP contribution in [0.4, 0.5) is 0 Å². The molecule has 2 atom stereocenters. The highest BCUT2D eigenvalue weighted by Crippen LogP contribution is 2.38. The van der Waals surface area contributed by atoms with Crippen molar-refractivity contribution in [3.05, 3.63) is 0 Å². The molecule has 2 aliphatic heterocycles. The Morgan fingerprint density at radius 1 is 1.00 bits per heavy atom. The van der Waals surface area contributed by atoms with Crippen molar-refractivity contribution in [2.45, 2.75) is 25.8 Å². The molecule has 0 amide bonds. The predicted molar refractivity (Wildman–Crippen MR) is 66.0 cm³/mol. The number of hydrogen-bond donors (Lipinski definition) is 0. The normalized spacial score (nSPS) is 43.6. The van der Waals surface area contributed by atoms with Crippen molar-refractivity contribution in [1.82, 2.24) is 9.80 Å². The summed E-state index contributed by atoms with van der Waals surface area (Å²) in [5, 5.41) is 0. The van der Waals surface area contributed by atoms with E-state index < -0.39 is 0 Å². The van der Waals surface area contributed by atoms with Gasteiger partial charge in [0.15, 0.2) is 0 Å². The molecule has 0 N–H and O–H groups in total. The van der Waals surface area contributed by atoms with Crippen LogP contribution in [0.25, 0.3) is 0 Å². The quantitative estimate of drug-likeness (QED) is 0.612. The Morgan fingerprint density at radius 2 is 1.62 bits per heavy atom. The maximum atomic E-state index is 3.31. The number of likely N-dealkylation sites (tertiary alicyclic amines) is 2. The first-order valence-electron chi connectivity index (χ1n) is 6.61. The molecule has 0 bridgehead atoms. The van der Waals surface area contributed by atoms with E-state index in [9.17, 15) is 0 Å². The molecular weight excluding hydrogens is 196 g/mol. The van der Waals surface area contributed by atoms with Crippen LogP contribution in [0.1, 0.15) is 19.8 Å². The van der Waals surface area contributed by atoms with Gasteiger partial charge in [-0.1, -0.05) is 0 Å². The molecule has 0 aromatic rings. The summed E-state index contributed by atoms with van der Waals surface area (Å²) in [6, 6.07) is 0.863. The third-order valence-corrected chi connectivity index (χ3v) is 4.68. The molecular formula is C14H22N2. The minimum Gasteiger partial charge on any atom is -0.306 e. The molecule has 2 heteroatoms. The Morgan fingerprint density at radius 3 is 2.19 bits per heavy atom. The van der Waals surface area contributed by atoms with Crippen molar-refractivity contribution in [3.63, 3.8) is 0 Å². The standard InChI is InChI=1S/C14H22N2/c1-3-4-11-5-14(6-11)16-9-12-7-15(2)8-13(12)10-16/h11-14H,5-10H2,1-2H3. The topological polar surface area (TPSA) is 6.48 Å². The van der Waals surface area contributed by atoms with Crippen LogP contribution in [-0.2, 0) is 0 Å². The van der Waals surface area contributed by atoms with Crippen LogP contribution in [0.3, 0.4) is 0 Å². The molecule has 0 aromatic heterocycles. The largest absolute Gasteiger partial charge is 0.306 e. The second kappa shape index (κ2) is 4.05. The number of rotatable bonds is 1. The first-order chi connectivity index (χ1) is 7.76. The van der Waals surface area contributed by atoms with Gasteiger partial charge in [0.25, 0.3) is 0 Å². The van der Waals surface area contributed by atoms with Crippen LogP contribution in [0.2, 0.25) is 0 Å². The first kappa shape index (κ1) is 10.6. The van der Waals surface area contributed by atoms with Crippen molar-refractivity contribution < 1.29 is 0 Å². The van der Waals surface area contributed by atoms with E-state index in [1.807, 2.05) is 6.92 Å². The van der Waals surface area contributed by atoms with Gasteiger partial charge in [-0.25, -0.2) is 0 Å². The van der Waals surface area contributed by atoms with Crippen LogP contribution in [0.15, 0.2) is 0 Å². The van der Waals surface area contributed by atoms with Gasteiger partial charge in [0.2, 0.25) is 0 Å². The van der Waals surface area contributed by atoms with Gasteiger partial charge in [0.05, 0.1) is 0 Å². The van der Waals surface area contributed by atoms with Crippen LogP contribution in [-0.4, -0.2) is 49.1 Å². The van der Waals surface area contributed by atoms with E-state index in [1.165, 1.54) is 39.0 Å². The zero-order valence-electron chi connectivity index (χ0n) is 10.4. The fourth-order valence-corrected chi connectivity index (χ4v) is 3.77. The number of nitrogens with zero attached hydrogens (tertiary/aromatic N) is 2. The second-order valence-electron chi connectivity index (χ2n) is 5.91. The average molecular weight is 218 g/mol. The van der Waals surface area contributed by atoms with E-state index in [4.69, 9.17) is 0 Å². The zero-order valence-corrected chi connectivity index (χ0v) is 10.4. The van der Waals surface area contributed by atoms with Gasteiger partial charge in [-0.3, -0.25) is 4.90 Å². The second-order valence-corrected chi connectivity index (χ2v) is 5.91. The lowest BCUT2D eigenvalue weighted by Crippen LogP contribution is -2.44. The first-order valence-corrected chi connectivity index (χ1v) is 6.61. The summed E-state index contributed by atoms with van der Waals surface area (Å²) in [6.45, 7) is 7.32. The maximum absolute atomic E-state index is 3.31. The molecule has 3 rings (SSSR count). The summed E-state index contributed by atoms with van der Waals surface area (Å²) in [5.74, 6) is 8.98. The van der Waals surface area contributed by atoms with Crippen molar-refractivity contribution in [3.8, 4) is 11.8 Å². The summed E-state index contributed by atoms with van der Waals surface area (Å²) in [4.78, 5) is 5.25. The third-order valence-electron chi connectivity index (χ3n) is 4.68. The fraction of sp³-hybridized carbons (Fsp3) is 0.857. The summed E-state index contributed by atoms with van der Waals surface area (Å²) in [7, 11) is 2.26. The van der Waals surface area contributed by atoms with Crippen LogP contribution in [0.5, 0.6) is 0 Å². The van der Waals surface area contributed by atoms with Gasteiger partial charge in [-0.05, 0) is 38.6 Å². The fourth-order valence-electron chi connectivity index (χ4n) is 3.77. The Kier molecular flexibility index (Phi) is 2.69. The van der Waals surface area contributed by atoms with E-state index in [0.29, 0.717) is 5.92 Å². The molecule has 3 fully saturated rings. The van der Waals surface area contributed by atoms with E-state index >= 15 is 0 Å². The molecule has 1 saturated carbocycles. The average Bonchev–Trinajstić information content (AvgIpc) is 2.66. The van der Waals surface area contributed by atoms with Crippen LogP contribution in [0, 0.1) is 29.6 Å². The highest BCUT2D eigenvalue weighted by Gasteiger charge is 2.43. The summed E-state index contributed by atoms with van der Waals surface area (Å²) >= 11 is 0. The third kappa shape index (κ3) is 1.77. The summed E-state index contributed by atoms with van der Waals surface area (Å²) in [6.07, 6.45) is 2.66. The lowest BCUT2D eigenvalue weighted by Gasteiger charge is -2.39. The Hall–Kier alpha value is -0.520. The predicted octanol–water partition coefficient (Wildman–Crippen LogP) is 1.28. The lowest BCUT2D eigenvalue weighted by molar-refractivity contribution is 0.114. The van der Waals surface area contributed by atoms with Crippen molar-refractivity contribution in [2.75, 3.05) is 33.2 Å². The molecule has 1 aliphatic carbocycles. The monoisotopic (exact) mass is 218 g/mol. The SMILES string of the molecule is CC#CC1CC(N2CC3CN(C)CC3C2)C1. The molecule has 0 spiro atoms. The van der Waals surface area contributed by atoms with Crippen molar-refractivity contribution in [2.24, 2.45) is 17.8 Å². The Balaban J connectivity index is 1.51. The molecule has 2 nitrogen and oxygen atoms in total. The maximum Gasteiger partial charge on any atom is 0.0232 e. The zero-order chi connectivity index (χ0) is 11.1. The number of hydrogen-bond acceptors (Lipinski definition) is 2. The number of fused-ring (bicyclic) bond motifs is 1. The molecule has 0 radical (unpaired) electrons. The van der Waals surface area contributed by atoms with E-state index in [2.05, 4.69) is 28.7 Å². The summed E-state index contributed by atoms with van der Waals surface area (Å²) < 4.78 is 0. The molecule has 2 heterocycles. The van der Waals surface area contributed by atoms with Crippen LogP contribution < -0.4 is 0 Å². The molecule has 88 valence electrons. The Labute approximate surface area is 99.0 Å². The molecule has 0 aromatic carbocycles. The van der Waals surface area contributed by atoms with E-state index in [0.717, 1.165) is 17.9 Å².